The van der Waals surface area contributed by atoms with Crippen LogP contribution in [0.1, 0.15) is 16.8 Å². The third-order valence-corrected chi connectivity index (χ3v) is 5.04. The van der Waals surface area contributed by atoms with E-state index in [0.29, 0.717) is 31.7 Å². The lowest BCUT2D eigenvalue weighted by atomic mass is 10.1. The van der Waals surface area contributed by atoms with Crippen LogP contribution >= 0.6 is 11.3 Å². The Morgan fingerprint density at radius 1 is 1.12 bits per heavy atom. The SMILES string of the molecule is COCC(=O)N1CCCN(C(=O)c2ccc(-c3nccs3)cc2)CC1. The summed E-state index contributed by atoms with van der Waals surface area (Å²) < 4.78 is 4.91. The minimum absolute atomic E-state index is 0.00623. The van der Waals surface area contributed by atoms with Crippen LogP contribution in [0.2, 0.25) is 0 Å². The van der Waals surface area contributed by atoms with Crippen LogP contribution in [0.25, 0.3) is 10.6 Å². The normalized spacial score (nSPS) is 15.1. The molecule has 2 amide bonds. The molecule has 3 rings (SSSR count). The van der Waals surface area contributed by atoms with Crippen molar-refractivity contribution in [2.75, 3.05) is 39.9 Å². The van der Waals surface area contributed by atoms with Crippen LogP contribution < -0.4 is 0 Å². The summed E-state index contributed by atoms with van der Waals surface area (Å²) in [6, 6.07) is 7.55. The summed E-state index contributed by atoms with van der Waals surface area (Å²) in [5.41, 5.74) is 1.68. The molecule has 0 atom stereocenters. The van der Waals surface area contributed by atoms with Crippen LogP contribution in [-0.4, -0.2) is 66.5 Å². The number of amides is 2. The Morgan fingerprint density at radius 3 is 2.52 bits per heavy atom. The lowest BCUT2D eigenvalue weighted by molar-refractivity contribution is -0.135. The average molecular weight is 359 g/mol. The number of carbonyl (C=O) groups is 2. The molecule has 0 spiro atoms. The summed E-state index contributed by atoms with van der Waals surface area (Å²) in [6.45, 7) is 2.50. The number of methoxy groups -OCH3 is 1. The van der Waals surface area contributed by atoms with Crippen LogP contribution in [0.3, 0.4) is 0 Å². The Labute approximate surface area is 151 Å². The molecular weight excluding hydrogens is 338 g/mol. The summed E-state index contributed by atoms with van der Waals surface area (Å²) in [7, 11) is 1.51. The highest BCUT2D eigenvalue weighted by Crippen LogP contribution is 2.22. The largest absolute Gasteiger partial charge is 0.375 e. The van der Waals surface area contributed by atoms with E-state index in [1.807, 2.05) is 34.5 Å². The highest BCUT2D eigenvalue weighted by atomic mass is 32.1. The van der Waals surface area contributed by atoms with Gasteiger partial charge in [0.2, 0.25) is 5.91 Å². The molecule has 0 unspecified atom stereocenters. The second-order valence-corrected chi connectivity index (χ2v) is 6.77. The number of hydrogen-bond acceptors (Lipinski definition) is 5. The van der Waals surface area contributed by atoms with Crippen LogP contribution in [0.4, 0.5) is 0 Å². The maximum Gasteiger partial charge on any atom is 0.253 e. The third kappa shape index (κ3) is 4.24. The van der Waals surface area contributed by atoms with E-state index in [1.165, 1.54) is 7.11 Å². The van der Waals surface area contributed by atoms with Gasteiger partial charge in [-0.1, -0.05) is 12.1 Å². The Bertz CT molecular complexity index is 716. The maximum atomic E-state index is 12.7. The molecule has 6 nitrogen and oxygen atoms in total. The highest BCUT2D eigenvalue weighted by molar-refractivity contribution is 7.13. The van der Waals surface area contributed by atoms with Crippen molar-refractivity contribution in [2.24, 2.45) is 0 Å². The molecule has 1 fully saturated rings. The van der Waals surface area contributed by atoms with E-state index in [-0.39, 0.29) is 18.4 Å². The highest BCUT2D eigenvalue weighted by Gasteiger charge is 2.22. The van der Waals surface area contributed by atoms with E-state index >= 15 is 0 Å². The predicted molar refractivity (Wildman–Crippen MR) is 96.5 cm³/mol. The maximum absolute atomic E-state index is 12.7. The Balaban J connectivity index is 1.64. The molecule has 1 aromatic heterocycles. The Kier molecular flexibility index (Phi) is 5.78. The smallest absolute Gasteiger partial charge is 0.253 e. The molecule has 1 aliphatic heterocycles. The zero-order chi connectivity index (χ0) is 17.6. The molecule has 0 N–H and O–H groups in total. The molecule has 132 valence electrons. The van der Waals surface area contributed by atoms with Crippen molar-refractivity contribution in [3.8, 4) is 10.6 Å². The van der Waals surface area contributed by atoms with E-state index in [0.717, 1.165) is 17.0 Å². The first-order chi connectivity index (χ1) is 12.2. The third-order valence-electron chi connectivity index (χ3n) is 4.21. The van der Waals surface area contributed by atoms with Gasteiger partial charge in [-0.25, -0.2) is 4.98 Å². The van der Waals surface area contributed by atoms with Crippen molar-refractivity contribution >= 4 is 23.2 Å². The summed E-state index contributed by atoms with van der Waals surface area (Å²) >= 11 is 1.57. The summed E-state index contributed by atoms with van der Waals surface area (Å²) in [5, 5.41) is 2.88. The number of rotatable bonds is 4. The molecule has 2 heterocycles. The quantitative estimate of drug-likeness (QED) is 0.839. The molecule has 1 aromatic carbocycles. The molecule has 0 aliphatic carbocycles. The van der Waals surface area contributed by atoms with Gasteiger partial charge >= 0.3 is 0 Å². The standard InChI is InChI=1S/C18H21N3O3S/c1-24-13-16(22)20-8-2-9-21(11-10-20)18(23)15-5-3-14(4-6-15)17-19-7-12-25-17/h3-7,12H,2,8-11,13H2,1H3. The monoisotopic (exact) mass is 359 g/mol. The van der Waals surface area contributed by atoms with Crippen LogP contribution in [0, 0.1) is 0 Å². The molecule has 2 aromatic rings. The fourth-order valence-corrected chi connectivity index (χ4v) is 3.53. The summed E-state index contributed by atoms with van der Waals surface area (Å²) in [4.78, 5) is 32.5. The van der Waals surface area contributed by atoms with Crippen LogP contribution in [0.5, 0.6) is 0 Å². The minimum Gasteiger partial charge on any atom is -0.375 e. The molecule has 1 saturated heterocycles. The van der Waals surface area contributed by atoms with Gasteiger partial charge in [-0.15, -0.1) is 11.3 Å². The Morgan fingerprint density at radius 2 is 1.84 bits per heavy atom. The molecule has 0 bridgehead atoms. The zero-order valence-electron chi connectivity index (χ0n) is 14.2. The number of thiazole rings is 1. The van der Waals surface area contributed by atoms with Gasteiger partial charge in [-0.2, -0.15) is 0 Å². The van der Waals surface area contributed by atoms with Crippen molar-refractivity contribution < 1.29 is 14.3 Å². The molecule has 1 aliphatic rings. The second-order valence-electron chi connectivity index (χ2n) is 5.87. The fourth-order valence-electron chi connectivity index (χ4n) is 2.89. The first-order valence-electron chi connectivity index (χ1n) is 8.25. The Hall–Kier alpha value is -2.25. The van der Waals surface area contributed by atoms with Gasteiger partial charge in [0.1, 0.15) is 11.6 Å². The fraction of sp³-hybridized carbons (Fsp3) is 0.389. The predicted octanol–water partition coefficient (Wildman–Crippen LogP) is 2.13. The van der Waals surface area contributed by atoms with Crippen molar-refractivity contribution in [1.29, 1.82) is 0 Å². The number of carbonyl (C=O) groups excluding carboxylic acids is 2. The van der Waals surface area contributed by atoms with Crippen molar-refractivity contribution in [2.45, 2.75) is 6.42 Å². The lowest BCUT2D eigenvalue weighted by Crippen LogP contribution is -2.38. The molecule has 25 heavy (non-hydrogen) atoms. The van der Waals surface area contributed by atoms with Gasteiger partial charge in [-0.3, -0.25) is 9.59 Å². The molecule has 7 heteroatoms. The lowest BCUT2D eigenvalue weighted by Gasteiger charge is -2.22. The van der Waals surface area contributed by atoms with Gasteiger partial charge < -0.3 is 14.5 Å². The molecular formula is C18H21N3O3S. The van der Waals surface area contributed by atoms with Crippen molar-refractivity contribution in [3.05, 3.63) is 41.4 Å². The van der Waals surface area contributed by atoms with Crippen molar-refractivity contribution in [3.63, 3.8) is 0 Å². The topological polar surface area (TPSA) is 62.7 Å². The molecule has 0 saturated carbocycles. The minimum atomic E-state index is -0.0235. The first-order valence-corrected chi connectivity index (χ1v) is 9.13. The zero-order valence-corrected chi connectivity index (χ0v) is 15.0. The molecule has 0 radical (unpaired) electrons. The number of benzene rings is 1. The van der Waals surface area contributed by atoms with E-state index in [4.69, 9.17) is 4.74 Å². The number of hydrogen-bond donors (Lipinski definition) is 0. The van der Waals surface area contributed by atoms with Crippen LogP contribution in [0.15, 0.2) is 35.8 Å². The van der Waals surface area contributed by atoms with Crippen molar-refractivity contribution in [1.82, 2.24) is 14.8 Å². The summed E-state index contributed by atoms with van der Waals surface area (Å²) in [5.74, 6) is -0.0173. The van der Waals surface area contributed by atoms with Gasteiger partial charge in [0.25, 0.3) is 5.91 Å². The number of aromatic nitrogens is 1. The van der Waals surface area contributed by atoms with E-state index in [2.05, 4.69) is 4.98 Å². The van der Waals surface area contributed by atoms with Crippen LogP contribution in [-0.2, 0) is 9.53 Å². The van der Waals surface area contributed by atoms with E-state index < -0.39 is 0 Å². The van der Waals surface area contributed by atoms with Gasteiger partial charge in [0.05, 0.1) is 0 Å². The van der Waals surface area contributed by atoms with Gasteiger partial charge in [0, 0.05) is 56.0 Å². The van der Waals surface area contributed by atoms with E-state index in [9.17, 15) is 9.59 Å². The van der Waals surface area contributed by atoms with E-state index in [1.54, 1.807) is 22.4 Å². The summed E-state index contributed by atoms with van der Waals surface area (Å²) in [6.07, 6.45) is 2.55. The van der Waals surface area contributed by atoms with Gasteiger partial charge in [-0.05, 0) is 18.6 Å². The number of ether oxygens (including phenoxy) is 1. The second kappa shape index (κ2) is 8.22. The first kappa shape index (κ1) is 17.6. The van der Waals surface area contributed by atoms with Gasteiger partial charge in [0.15, 0.2) is 0 Å². The average Bonchev–Trinajstić information content (AvgIpc) is 3.06. The number of nitrogens with zero attached hydrogens (tertiary/aromatic N) is 3.